The predicted molar refractivity (Wildman–Crippen MR) is 99.1 cm³/mol. The molecule has 0 amide bonds. The lowest BCUT2D eigenvalue weighted by molar-refractivity contribution is -0.307. The van der Waals surface area contributed by atoms with Crippen molar-refractivity contribution in [3.8, 4) is 0 Å². The summed E-state index contributed by atoms with van der Waals surface area (Å²) in [4.78, 5) is 21.3. The number of hydrogen-bond donors (Lipinski definition) is 4. The first-order valence-electron chi connectivity index (χ1n) is 9.92. The maximum absolute atomic E-state index is 11.4. The topological polar surface area (TPSA) is 135 Å². The molecule has 164 valence electrons. The van der Waals surface area contributed by atoms with E-state index in [2.05, 4.69) is 6.92 Å². The number of ether oxygens (including phenoxy) is 2. The van der Waals surface area contributed by atoms with Gasteiger partial charge in [-0.2, -0.15) is 4.89 Å². The summed E-state index contributed by atoms with van der Waals surface area (Å²) in [5, 5.41) is 38.1. The lowest BCUT2D eigenvalue weighted by Crippen LogP contribution is -2.33. The summed E-state index contributed by atoms with van der Waals surface area (Å²) in [6.45, 7) is 3.40. The Balaban J connectivity index is 2.21. The van der Waals surface area contributed by atoms with Crippen LogP contribution in [0.5, 0.6) is 0 Å². The van der Waals surface area contributed by atoms with Crippen molar-refractivity contribution in [1.82, 2.24) is 0 Å². The van der Waals surface area contributed by atoms with Gasteiger partial charge in [0.25, 0.3) is 0 Å². The van der Waals surface area contributed by atoms with Crippen molar-refractivity contribution in [2.75, 3.05) is 19.8 Å². The van der Waals surface area contributed by atoms with Crippen molar-refractivity contribution >= 4 is 5.97 Å². The Kier molecular flexibility index (Phi) is 12.1. The molecule has 0 aromatic carbocycles. The maximum atomic E-state index is 11.4. The molecule has 0 aliphatic carbocycles. The minimum absolute atomic E-state index is 0.115. The number of rotatable bonds is 16. The predicted octanol–water partition coefficient (Wildman–Crippen LogP) is 1.50. The van der Waals surface area contributed by atoms with Crippen LogP contribution in [-0.2, 0) is 24.0 Å². The van der Waals surface area contributed by atoms with E-state index < -0.39 is 48.5 Å². The fourth-order valence-electron chi connectivity index (χ4n) is 2.67. The summed E-state index contributed by atoms with van der Waals surface area (Å²) >= 11 is 0. The second kappa shape index (κ2) is 13.7. The van der Waals surface area contributed by atoms with Gasteiger partial charge < -0.3 is 34.8 Å². The van der Waals surface area contributed by atoms with Crippen LogP contribution in [0.15, 0.2) is 11.5 Å². The maximum Gasteiger partial charge on any atom is 0.378 e. The average molecular weight is 406 g/mol. The van der Waals surface area contributed by atoms with Crippen molar-refractivity contribution in [3.63, 3.8) is 0 Å². The van der Waals surface area contributed by atoms with Crippen LogP contribution in [-0.4, -0.2) is 70.6 Å². The Morgan fingerprint density at radius 3 is 2.46 bits per heavy atom. The summed E-state index contributed by atoms with van der Waals surface area (Å²) in [7, 11) is 0. The van der Waals surface area contributed by atoms with E-state index in [0.29, 0.717) is 6.42 Å². The molecule has 0 aromatic rings. The van der Waals surface area contributed by atoms with Crippen molar-refractivity contribution in [1.29, 1.82) is 0 Å². The van der Waals surface area contributed by atoms with Gasteiger partial charge in [0.2, 0.25) is 11.5 Å². The van der Waals surface area contributed by atoms with Crippen molar-refractivity contribution in [3.05, 3.63) is 11.5 Å². The lowest BCUT2D eigenvalue weighted by Gasteiger charge is -2.19. The minimum atomic E-state index is -1.45. The highest BCUT2D eigenvalue weighted by Crippen LogP contribution is 2.25. The summed E-state index contributed by atoms with van der Waals surface area (Å²) in [5.74, 6) is -2.29. The van der Waals surface area contributed by atoms with Gasteiger partial charge >= 0.3 is 5.97 Å². The number of aliphatic hydroxyl groups is 4. The largest absolute Gasteiger partial charge is 0.499 e. The van der Waals surface area contributed by atoms with Crippen LogP contribution < -0.4 is 0 Å². The van der Waals surface area contributed by atoms with Gasteiger partial charge in [0.1, 0.15) is 12.2 Å². The molecule has 0 aromatic heterocycles. The summed E-state index contributed by atoms with van der Waals surface area (Å²) in [6, 6.07) is 0. The summed E-state index contributed by atoms with van der Waals surface area (Å²) < 4.78 is 10.1. The van der Waals surface area contributed by atoms with E-state index in [4.69, 9.17) is 24.4 Å². The van der Waals surface area contributed by atoms with Crippen molar-refractivity contribution < 1.29 is 44.5 Å². The fourth-order valence-corrected chi connectivity index (χ4v) is 2.67. The van der Waals surface area contributed by atoms with E-state index in [1.165, 1.54) is 25.7 Å². The third-order valence-electron chi connectivity index (χ3n) is 4.31. The highest BCUT2D eigenvalue weighted by molar-refractivity contribution is 5.89. The highest BCUT2D eigenvalue weighted by atomic mass is 17.2. The van der Waals surface area contributed by atoms with Crippen molar-refractivity contribution in [2.45, 2.75) is 83.2 Å². The standard InChI is InChI=1S/C19H34O9/c1-3-4-5-6-7-8-9-14(21)12-25-11-13(2)27-28-18-16(23)19(24)26-17(18)15(22)10-20/h13-15,17,20-23H,3-12H2,1-2H3/t13?,14?,15-,17+/m0/s1. The number of unbranched alkanes of at least 4 members (excludes halogenated alkanes) is 5. The van der Waals surface area contributed by atoms with Crippen LogP contribution in [0.3, 0.4) is 0 Å². The SMILES string of the molecule is CCCCCCCCC(O)COCC(C)OOC1=C(O)C(=O)O[C@@H]1[C@@H](O)CO. The number of hydrogen-bond acceptors (Lipinski definition) is 9. The van der Waals surface area contributed by atoms with Gasteiger partial charge in [0.05, 0.1) is 25.9 Å². The summed E-state index contributed by atoms with van der Waals surface area (Å²) in [6.07, 6.45) is 3.70. The molecular weight excluding hydrogens is 372 g/mol. The number of carbonyl (C=O) groups is 1. The molecule has 9 heteroatoms. The van der Waals surface area contributed by atoms with E-state index in [9.17, 15) is 20.1 Å². The van der Waals surface area contributed by atoms with Crippen LogP contribution in [0.1, 0.15) is 58.8 Å². The first-order valence-corrected chi connectivity index (χ1v) is 9.92. The second-order valence-electron chi connectivity index (χ2n) is 7.03. The smallest absolute Gasteiger partial charge is 0.378 e. The van der Waals surface area contributed by atoms with Crippen LogP contribution in [0, 0.1) is 0 Å². The normalized spacial score (nSPS) is 20.2. The Morgan fingerprint density at radius 2 is 1.79 bits per heavy atom. The number of cyclic esters (lactones) is 1. The van der Waals surface area contributed by atoms with Crippen molar-refractivity contribution in [2.24, 2.45) is 0 Å². The molecular formula is C19H34O9. The molecule has 1 aliphatic rings. The third-order valence-corrected chi connectivity index (χ3v) is 4.31. The Morgan fingerprint density at radius 1 is 1.11 bits per heavy atom. The molecule has 1 aliphatic heterocycles. The minimum Gasteiger partial charge on any atom is -0.499 e. The molecule has 0 saturated heterocycles. The zero-order valence-corrected chi connectivity index (χ0v) is 16.7. The van der Waals surface area contributed by atoms with E-state index in [0.717, 1.165) is 12.8 Å². The van der Waals surface area contributed by atoms with E-state index in [-0.39, 0.29) is 13.2 Å². The second-order valence-corrected chi connectivity index (χ2v) is 7.03. The lowest BCUT2D eigenvalue weighted by atomic mass is 10.1. The van der Waals surface area contributed by atoms with Gasteiger partial charge in [0.15, 0.2) is 6.10 Å². The van der Waals surface area contributed by atoms with Gasteiger partial charge in [0, 0.05) is 0 Å². The van der Waals surface area contributed by atoms with E-state index in [1.54, 1.807) is 6.92 Å². The summed E-state index contributed by atoms with van der Waals surface area (Å²) in [5.41, 5.74) is 0. The van der Waals surface area contributed by atoms with Gasteiger partial charge in [-0.15, -0.1) is 0 Å². The molecule has 4 atom stereocenters. The van der Waals surface area contributed by atoms with Crippen LogP contribution >= 0.6 is 0 Å². The third kappa shape index (κ3) is 8.74. The first kappa shape index (κ1) is 24.6. The molecule has 1 rings (SSSR count). The van der Waals surface area contributed by atoms with Gasteiger partial charge in [-0.25, -0.2) is 4.79 Å². The average Bonchev–Trinajstić information content (AvgIpc) is 2.96. The van der Waals surface area contributed by atoms with Crippen LogP contribution in [0.2, 0.25) is 0 Å². The van der Waals surface area contributed by atoms with Gasteiger partial charge in [-0.1, -0.05) is 45.4 Å². The van der Waals surface area contributed by atoms with Gasteiger partial charge in [-0.05, 0) is 13.3 Å². The molecule has 1 heterocycles. The molecule has 0 bridgehead atoms. The van der Waals surface area contributed by atoms with Crippen LogP contribution in [0.25, 0.3) is 0 Å². The molecule has 0 radical (unpaired) electrons. The number of aliphatic hydroxyl groups excluding tert-OH is 4. The highest BCUT2D eigenvalue weighted by Gasteiger charge is 2.41. The monoisotopic (exact) mass is 406 g/mol. The molecule has 0 saturated carbocycles. The molecule has 28 heavy (non-hydrogen) atoms. The first-order chi connectivity index (χ1) is 13.4. The zero-order chi connectivity index (χ0) is 20.9. The van der Waals surface area contributed by atoms with E-state index >= 15 is 0 Å². The molecule has 9 nitrogen and oxygen atoms in total. The number of carbonyl (C=O) groups excluding carboxylic acids is 1. The molecule has 4 N–H and O–H groups in total. The quantitative estimate of drug-likeness (QED) is 0.130. The molecule has 2 unspecified atom stereocenters. The molecule has 0 spiro atoms. The van der Waals surface area contributed by atoms with Gasteiger partial charge in [-0.3, -0.25) is 0 Å². The zero-order valence-electron chi connectivity index (χ0n) is 16.7. The molecule has 0 fully saturated rings. The number of esters is 1. The Bertz CT molecular complexity index is 480. The van der Waals surface area contributed by atoms with E-state index in [1.807, 2.05) is 0 Å². The Labute approximate surface area is 165 Å². The Hall–Kier alpha value is -1.39. The van der Waals surface area contributed by atoms with Crippen LogP contribution in [0.4, 0.5) is 0 Å². The fraction of sp³-hybridized carbons (Fsp3) is 0.842.